The van der Waals surface area contributed by atoms with Crippen molar-refractivity contribution in [1.29, 1.82) is 0 Å². The van der Waals surface area contributed by atoms with Crippen LogP contribution in [0.2, 0.25) is 0 Å². The number of hydrogen-bond donors (Lipinski definition) is 2. The number of amides is 1. The summed E-state index contributed by atoms with van der Waals surface area (Å²) in [5.41, 5.74) is 0.452. The lowest BCUT2D eigenvalue weighted by atomic mass is 9.92. The molecule has 1 amide bonds. The maximum absolute atomic E-state index is 14.4. The maximum Gasteiger partial charge on any atom is 0.244 e. The molecule has 0 saturated heterocycles. The van der Waals surface area contributed by atoms with Crippen LogP contribution in [0.25, 0.3) is 17.0 Å². The van der Waals surface area contributed by atoms with Crippen LogP contribution in [0.15, 0.2) is 67.3 Å². The highest BCUT2D eigenvalue weighted by molar-refractivity contribution is 5.92. The molecule has 0 spiro atoms. The number of nitrogens with one attached hydrogen (secondary N) is 1. The minimum absolute atomic E-state index is 0.171. The van der Waals surface area contributed by atoms with Gasteiger partial charge in [0.15, 0.2) is 0 Å². The number of benzene rings is 2. The molecule has 2 aromatic heterocycles. The lowest BCUT2D eigenvalue weighted by Gasteiger charge is -2.29. The van der Waals surface area contributed by atoms with Gasteiger partial charge >= 0.3 is 0 Å². The Balaban J connectivity index is 1.50. The van der Waals surface area contributed by atoms with E-state index in [9.17, 15) is 18.7 Å². The van der Waals surface area contributed by atoms with Crippen LogP contribution in [0.1, 0.15) is 16.8 Å². The van der Waals surface area contributed by atoms with E-state index in [-0.39, 0.29) is 18.7 Å². The van der Waals surface area contributed by atoms with Crippen LogP contribution >= 0.6 is 0 Å². The molecule has 4 rings (SSSR count). The molecule has 9 heteroatoms. The monoisotopic (exact) mass is 449 g/mol. The largest absolute Gasteiger partial charge is 0.381 e. The summed E-state index contributed by atoms with van der Waals surface area (Å²) >= 11 is 0. The van der Waals surface area contributed by atoms with Gasteiger partial charge in [0.1, 0.15) is 29.9 Å². The predicted octanol–water partition coefficient (Wildman–Crippen LogP) is 3.13. The Morgan fingerprint density at radius 1 is 1.18 bits per heavy atom. The Bertz CT molecular complexity index is 1320. The number of aromatic nitrogens is 4. The average molecular weight is 449 g/mol. The number of carbonyl (C=O) groups is 1. The minimum Gasteiger partial charge on any atom is -0.381 e. The Morgan fingerprint density at radius 3 is 2.79 bits per heavy atom. The number of carbonyl (C=O) groups excluding carboxylic acids is 1. The summed E-state index contributed by atoms with van der Waals surface area (Å²) in [7, 11) is 0. The average Bonchev–Trinajstić information content (AvgIpc) is 3.29. The number of halogens is 2. The van der Waals surface area contributed by atoms with Crippen LogP contribution in [0.4, 0.5) is 8.78 Å². The van der Waals surface area contributed by atoms with Gasteiger partial charge in [0.05, 0.1) is 24.3 Å². The van der Waals surface area contributed by atoms with Crippen molar-refractivity contribution in [1.82, 2.24) is 25.1 Å². The van der Waals surface area contributed by atoms with Crippen molar-refractivity contribution in [2.75, 3.05) is 6.54 Å². The molecule has 33 heavy (non-hydrogen) atoms. The topological polar surface area (TPSA) is 92.9 Å². The molecule has 2 aromatic carbocycles. The van der Waals surface area contributed by atoms with E-state index in [4.69, 9.17) is 0 Å². The highest BCUT2D eigenvalue weighted by Gasteiger charge is 2.34. The lowest BCUT2D eigenvalue weighted by molar-refractivity contribution is -0.118. The van der Waals surface area contributed by atoms with E-state index in [1.165, 1.54) is 23.4 Å². The first kappa shape index (κ1) is 22.2. The highest BCUT2D eigenvalue weighted by atomic mass is 19.1. The fourth-order valence-corrected chi connectivity index (χ4v) is 3.49. The van der Waals surface area contributed by atoms with Gasteiger partial charge in [-0.1, -0.05) is 23.8 Å². The number of hydrogen-bond acceptors (Lipinski definition) is 5. The second-order valence-corrected chi connectivity index (χ2v) is 7.73. The lowest BCUT2D eigenvalue weighted by Crippen LogP contribution is -2.44. The van der Waals surface area contributed by atoms with Gasteiger partial charge in [-0.25, -0.2) is 23.4 Å². The van der Waals surface area contributed by atoms with Crippen molar-refractivity contribution in [3.63, 3.8) is 0 Å². The van der Waals surface area contributed by atoms with Crippen LogP contribution < -0.4 is 5.32 Å². The van der Waals surface area contributed by atoms with E-state index in [1.54, 1.807) is 12.1 Å². The first-order chi connectivity index (χ1) is 15.8. The van der Waals surface area contributed by atoms with Crippen LogP contribution in [-0.4, -0.2) is 37.3 Å². The quantitative estimate of drug-likeness (QED) is 0.423. The van der Waals surface area contributed by atoms with Crippen LogP contribution in [-0.2, 0) is 16.9 Å². The second kappa shape index (κ2) is 9.25. The molecule has 1 unspecified atom stereocenters. The van der Waals surface area contributed by atoms with Gasteiger partial charge in [0, 0.05) is 23.1 Å². The van der Waals surface area contributed by atoms with E-state index < -0.39 is 23.1 Å². The fourth-order valence-electron chi connectivity index (χ4n) is 3.49. The van der Waals surface area contributed by atoms with Crippen LogP contribution in [0.5, 0.6) is 0 Å². The molecule has 0 radical (unpaired) electrons. The SMILES string of the molecule is Cc1ccc2nc(C=CC(=O)NCC(O)(Cn3cncn3)c3ccc(F)cc3F)ccc2c1. The number of nitrogens with zero attached hydrogens (tertiary/aromatic N) is 4. The van der Waals surface area contributed by atoms with Crippen LogP contribution in [0.3, 0.4) is 0 Å². The smallest absolute Gasteiger partial charge is 0.244 e. The molecular formula is C24H21F2N5O2. The van der Waals surface area contributed by atoms with E-state index >= 15 is 0 Å². The normalized spacial score (nSPS) is 13.3. The van der Waals surface area contributed by atoms with E-state index in [0.717, 1.165) is 28.6 Å². The summed E-state index contributed by atoms with van der Waals surface area (Å²) in [5, 5.41) is 18.7. The summed E-state index contributed by atoms with van der Waals surface area (Å²) in [5.74, 6) is -2.22. The van der Waals surface area contributed by atoms with Gasteiger partial charge in [-0.3, -0.25) is 4.79 Å². The highest BCUT2D eigenvalue weighted by Crippen LogP contribution is 2.26. The summed E-state index contributed by atoms with van der Waals surface area (Å²) in [6.45, 7) is 1.45. The van der Waals surface area contributed by atoms with Crippen LogP contribution in [0, 0.1) is 18.6 Å². The molecule has 168 valence electrons. The zero-order valence-electron chi connectivity index (χ0n) is 17.7. The molecular weight excluding hydrogens is 428 g/mol. The molecule has 7 nitrogen and oxygen atoms in total. The number of rotatable bonds is 7. The number of fused-ring (bicyclic) bond motifs is 1. The number of aliphatic hydroxyl groups is 1. The van der Waals surface area contributed by atoms with Crippen molar-refractivity contribution < 1.29 is 18.7 Å². The molecule has 0 fully saturated rings. The van der Waals surface area contributed by atoms with Gasteiger partial charge < -0.3 is 10.4 Å². The fraction of sp³-hybridized carbons (Fsp3) is 0.167. The van der Waals surface area contributed by atoms with E-state index in [1.807, 2.05) is 31.2 Å². The predicted molar refractivity (Wildman–Crippen MR) is 119 cm³/mol. The van der Waals surface area contributed by atoms with E-state index in [0.29, 0.717) is 11.8 Å². The molecule has 0 aliphatic heterocycles. The molecule has 1 atom stereocenters. The first-order valence-electron chi connectivity index (χ1n) is 10.2. The second-order valence-electron chi connectivity index (χ2n) is 7.73. The molecule has 0 saturated carbocycles. The van der Waals surface area contributed by atoms with E-state index in [2.05, 4.69) is 20.4 Å². The van der Waals surface area contributed by atoms with Gasteiger partial charge in [-0.05, 0) is 37.3 Å². The first-order valence-corrected chi connectivity index (χ1v) is 10.2. The third-order valence-corrected chi connectivity index (χ3v) is 5.15. The number of aryl methyl sites for hydroxylation is 1. The molecule has 0 aliphatic rings. The Hall–Kier alpha value is -3.98. The Labute approximate surface area is 188 Å². The summed E-state index contributed by atoms with van der Waals surface area (Å²) in [4.78, 5) is 20.7. The Kier molecular flexibility index (Phi) is 6.23. The van der Waals surface area contributed by atoms with Crippen molar-refractivity contribution in [2.45, 2.75) is 19.1 Å². The summed E-state index contributed by atoms with van der Waals surface area (Å²) in [6.07, 6.45) is 5.44. The van der Waals surface area contributed by atoms with Crippen molar-refractivity contribution in [3.8, 4) is 0 Å². The third-order valence-electron chi connectivity index (χ3n) is 5.15. The zero-order chi connectivity index (χ0) is 23.4. The van der Waals surface area contributed by atoms with Gasteiger partial charge in [0.2, 0.25) is 5.91 Å². The maximum atomic E-state index is 14.4. The minimum atomic E-state index is -1.89. The van der Waals surface area contributed by atoms with Gasteiger partial charge in [-0.2, -0.15) is 5.10 Å². The van der Waals surface area contributed by atoms with Crippen molar-refractivity contribution in [2.24, 2.45) is 0 Å². The molecule has 2 N–H and O–H groups in total. The molecule has 0 aliphatic carbocycles. The van der Waals surface area contributed by atoms with Crippen molar-refractivity contribution in [3.05, 3.63) is 95.7 Å². The van der Waals surface area contributed by atoms with Crippen molar-refractivity contribution >= 4 is 22.9 Å². The standard InChI is InChI=1S/C24H21F2N5O2/c1-16-2-8-22-17(10-16)3-5-19(30-22)6-9-23(32)28-12-24(33,13-31-15-27-14-29-31)20-7-4-18(25)11-21(20)26/h2-11,14-15,33H,12-13H2,1H3,(H,28,32). The third kappa shape index (κ3) is 5.27. The zero-order valence-corrected chi connectivity index (χ0v) is 17.7. The van der Waals surface area contributed by atoms with Gasteiger partial charge in [-0.15, -0.1) is 0 Å². The van der Waals surface area contributed by atoms with Gasteiger partial charge in [0.25, 0.3) is 0 Å². The summed E-state index contributed by atoms with van der Waals surface area (Å²) in [6, 6.07) is 12.5. The Morgan fingerprint density at radius 2 is 2.03 bits per heavy atom. The summed E-state index contributed by atoms with van der Waals surface area (Å²) < 4.78 is 29.1. The molecule has 4 aromatic rings. The molecule has 2 heterocycles. The number of pyridine rings is 1. The molecule has 0 bridgehead atoms.